The summed E-state index contributed by atoms with van der Waals surface area (Å²) in [6.07, 6.45) is 3.84. The molecule has 3 amide bonds. The fraction of sp³-hybridized carbons (Fsp3) is 0.520. The van der Waals surface area contributed by atoms with E-state index in [4.69, 9.17) is 10.3 Å². The van der Waals surface area contributed by atoms with E-state index in [2.05, 4.69) is 15.8 Å². The molecular weight excluding hydrogens is 450 g/mol. The second-order valence-corrected chi connectivity index (χ2v) is 9.49. The third-order valence-electron chi connectivity index (χ3n) is 6.71. The molecule has 1 aromatic carbocycles. The van der Waals surface area contributed by atoms with Crippen LogP contribution in [0.3, 0.4) is 0 Å². The largest absolute Gasteiger partial charge is 0.508 e. The number of carbonyl (C=O) groups is 3. The molecule has 1 saturated heterocycles. The molecule has 1 saturated carbocycles. The number of hydrogen-bond donors (Lipinski definition) is 4. The zero-order chi connectivity index (χ0) is 24.9. The Morgan fingerprint density at radius 1 is 1.20 bits per heavy atom. The number of piperidine rings is 1. The Balaban J connectivity index is 1.33. The molecular formula is C25H33N5O5. The molecule has 4 rings (SSSR count). The lowest BCUT2D eigenvalue weighted by atomic mass is 9.95. The van der Waals surface area contributed by atoms with Gasteiger partial charge in [0, 0.05) is 37.7 Å². The number of aryl methyl sites for hydroxylation is 1. The van der Waals surface area contributed by atoms with Crippen molar-refractivity contribution >= 4 is 17.7 Å². The molecule has 188 valence electrons. The molecule has 2 heterocycles. The first-order chi connectivity index (χ1) is 16.8. The van der Waals surface area contributed by atoms with E-state index < -0.39 is 5.92 Å². The minimum absolute atomic E-state index is 0.0524. The van der Waals surface area contributed by atoms with E-state index in [-0.39, 0.29) is 42.6 Å². The summed E-state index contributed by atoms with van der Waals surface area (Å²) in [5.74, 6) is 0.282. The minimum Gasteiger partial charge on any atom is -0.508 e. The van der Waals surface area contributed by atoms with Crippen molar-refractivity contribution in [1.29, 1.82) is 0 Å². The van der Waals surface area contributed by atoms with Gasteiger partial charge in [-0.25, -0.2) is 0 Å². The molecule has 0 spiro atoms. The van der Waals surface area contributed by atoms with Crippen LogP contribution >= 0.6 is 0 Å². The van der Waals surface area contributed by atoms with Gasteiger partial charge in [-0.2, -0.15) is 0 Å². The molecule has 2 aromatic rings. The van der Waals surface area contributed by atoms with Crippen LogP contribution in [0.4, 0.5) is 0 Å². The molecule has 10 nitrogen and oxygen atoms in total. The number of phenolic OH excluding ortho intramolecular Hbond substituents is 1. The van der Waals surface area contributed by atoms with Gasteiger partial charge in [0.1, 0.15) is 11.5 Å². The number of aromatic hydroxyl groups is 1. The molecule has 2 aliphatic rings. The van der Waals surface area contributed by atoms with Crippen LogP contribution in [0.2, 0.25) is 0 Å². The van der Waals surface area contributed by atoms with Crippen LogP contribution in [-0.4, -0.2) is 65.1 Å². The summed E-state index contributed by atoms with van der Waals surface area (Å²) in [6, 6.07) is 6.91. The summed E-state index contributed by atoms with van der Waals surface area (Å²) >= 11 is 0. The van der Waals surface area contributed by atoms with Crippen molar-refractivity contribution in [3.05, 3.63) is 46.8 Å². The van der Waals surface area contributed by atoms with Gasteiger partial charge in [0.25, 0.3) is 5.91 Å². The van der Waals surface area contributed by atoms with Crippen molar-refractivity contribution in [3.63, 3.8) is 0 Å². The highest BCUT2D eigenvalue weighted by Gasteiger charge is 2.31. The highest BCUT2D eigenvalue weighted by atomic mass is 16.5. The molecule has 1 aliphatic carbocycles. The van der Waals surface area contributed by atoms with E-state index in [0.717, 1.165) is 29.7 Å². The average Bonchev–Trinajstić information content (AvgIpc) is 3.59. The Labute approximate surface area is 204 Å². The molecule has 1 aromatic heterocycles. The number of amides is 3. The van der Waals surface area contributed by atoms with E-state index in [1.165, 1.54) is 0 Å². The molecule has 10 heteroatoms. The van der Waals surface area contributed by atoms with Gasteiger partial charge in [0.15, 0.2) is 5.69 Å². The fourth-order valence-electron chi connectivity index (χ4n) is 4.40. The molecule has 35 heavy (non-hydrogen) atoms. The number of phenols is 1. The molecule has 0 radical (unpaired) electrons. The van der Waals surface area contributed by atoms with Crippen LogP contribution in [0.15, 0.2) is 28.8 Å². The minimum atomic E-state index is -0.462. The number of aromatic nitrogens is 1. The number of likely N-dealkylation sites (tertiary alicyclic amines) is 1. The monoisotopic (exact) mass is 483 g/mol. The van der Waals surface area contributed by atoms with E-state index in [0.29, 0.717) is 44.0 Å². The van der Waals surface area contributed by atoms with Crippen LogP contribution < -0.4 is 16.4 Å². The number of nitrogens with two attached hydrogens (primary N) is 1. The predicted octanol–water partition coefficient (Wildman–Crippen LogP) is 1.22. The third kappa shape index (κ3) is 6.39. The molecule has 0 unspecified atom stereocenters. The highest BCUT2D eigenvalue weighted by molar-refractivity contribution is 5.92. The number of nitrogens with zero attached hydrogens (tertiary/aromatic N) is 2. The molecule has 0 bridgehead atoms. The van der Waals surface area contributed by atoms with Crippen molar-refractivity contribution < 1.29 is 24.0 Å². The summed E-state index contributed by atoms with van der Waals surface area (Å²) in [5, 5.41) is 19.4. The standard InChI is InChI=1S/C25H33N5O5/c1-15-10-16(2-5-21(15)31)11-18(14-27-23(32)13-26)25(34)30-8-6-19(7-9-30)28-24(33)20-12-22(35-29-20)17-3-4-17/h2,5,10,12,17-19,31H,3-4,6-9,11,13-14,26H2,1H3,(H,27,32)(H,28,33)/t18-/m0/s1. The van der Waals surface area contributed by atoms with Gasteiger partial charge >= 0.3 is 0 Å². The normalized spacial score (nSPS) is 17.1. The maximum atomic E-state index is 13.4. The molecule has 2 fully saturated rings. The fourth-order valence-corrected chi connectivity index (χ4v) is 4.40. The van der Waals surface area contributed by atoms with E-state index in [1.807, 2.05) is 6.07 Å². The lowest BCUT2D eigenvalue weighted by molar-refractivity contribution is -0.136. The summed E-state index contributed by atoms with van der Waals surface area (Å²) < 4.78 is 5.27. The quantitative estimate of drug-likeness (QED) is 0.419. The molecule has 5 N–H and O–H groups in total. The van der Waals surface area contributed by atoms with Crippen molar-refractivity contribution in [1.82, 2.24) is 20.7 Å². The zero-order valence-corrected chi connectivity index (χ0v) is 20.0. The summed E-state index contributed by atoms with van der Waals surface area (Å²) in [5.41, 5.74) is 7.33. The summed E-state index contributed by atoms with van der Waals surface area (Å²) in [4.78, 5) is 39.4. The Hall–Kier alpha value is -3.40. The number of carbonyl (C=O) groups excluding carboxylic acids is 3. The predicted molar refractivity (Wildman–Crippen MR) is 128 cm³/mol. The molecule has 1 aliphatic heterocycles. The Morgan fingerprint density at radius 2 is 1.94 bits per heavy atom. The van der Waals surface area contributed by atoms with Gasteiger partial charge in [-0.3, -0.25) is 14.4 Å². The van der Waals surface area contributed by atoms with Crippen molar-refractivity contribution in [2.75, 3.05) is 26.2 Å². The smallest absolute Gasteiger partial charge is 0.273 e. The van der Waals surface area contributed by atoms with E-state index in [9.17, 15) is 19.5 Å². The van der Waals surface area contributed by atoms with Crippen LogP contribution in [0.5, 0.6) is 5.75 Å². The van der Waals surface area contributed by atoms with Gasteiger partial charge in [0.2, 0.25) is 11.8 Å². The lowest BCUT2D eigenvalue weighted by Crippen LogP contribution is -2.50. The van der Waals surface area contributed by atoms with E-state index >= 15 is 0 Å². The summed E-state index contributed by atoms with van der Waals surface area (Å²) in [7, 11) is 0. The SMILES string of the molecule is Cc1cc(C[C@@H](CNC(=O)CN)C(=O)N2CCC(NC(=O)c3cc(C4CC4)on3)CC2)ccc1O. The lowest BCUT2D eigenvalue weighted by Gasteiger charge is -2.34. The first kappa shape index (κ1) is 24.7. The van der Waals surface area contributed by atoms with Gasteiger partial charge in [-0.1, -0.05) is 17.3 Å². The number of rotatable bonds is 9. The first-order valence-corrected chi connectivity index (χ1v) is 12.2. The second-order valence-electron chi connectivity index (χ2n) is 9.49. The van der Waals surface area contributed by atoms with Gasteiger partial charge in [-0.05, 0) is 56.2 Å². The number of benzene rings is 1. The van der Waals surface area contributed by atoms with Crippen molar-refractivity contribution in [3.8, 4) is 5.75 Å². The van der Waals surface area contributed by atoms with Crippen LogP contribution in [0.25, 0.3) is 0 Å². The second kappa shape index (κ2) is 10.9. The highest BCUT2D eigenvalue weighted by Crippen LogP contribution is 2.40. The van der Waals surface area contributed by atoms with Crippen molar-refractivity contribution in [2.24, 2.45) is 11.7 Å². The van der Waals surface area contributed by atoms with Gasteiger partial charge < -0.3 is 30.9 Å². The topological polar surface area (TPSA) is 151 Å². The Kier molecular flexibility index (Phi) is 7.70. The first-order valence-electron chi connectivity index (χ1n) is 12.2. The Morgan fingerprint density at radius 3 is 2.60 bits per heavy atom. The Bertz CT molecular complexity index is 1070. The van der Waals surface area contributed by atoms with Gasteiger partial charge in [0.05, 0.1) is 12.5 Å². The third-order valence-corrected chi connectivity index (χ3v) is 6.71. The van der Waals surface area contributed by atoms with Crippen LogP contribution in [0.1, 0.15) is 59.0 Å². The average molecular weight is 484 g/mol. The number of hydrogen-bond acceptors (Lipinski definition) is 7. The van der Waals surface area contributed by atoms with Gasteiger partial charge in [-0.15, -0.1) is 0 Å². The number of nitrogens with one attached hydrogen (secondary N) is 2. The van der Waals surface area contributed by atoms with Crippen LogP contribution in [-0.2, 0) is 16.0 Å². The maximum absolute atomic E-state index is 13.4. The maximum Gasteiger partial charge on any atom is 0.273 e. The zero-order valence-electron chi connectivity index (χ0n) is 20.0. The molecule has 1 atom stereocenters. The van der Waals surface area contributed by atoms with E-state index in [1.54, 1.807) is 30.0 Å². The van der Waals surface area contributed by atoms with Crippen LogP contribution in [0, 0.1) is 12.8 Å². The summed E-state index contributed by atoms with van der Waals surface area (Å²) in [6.45, 7) is 2.85. The van der Waals surface area contributed by atoms with Crippen molar-refractivity contribution in [2.45, 2.75) is 51.0 Å².